The van der Waals surface area contributed by atoms with Crippen LogP contribution in [0.25, 0.3) is 0 Å². The zero-order chi connectivity index (χ0) is 11.0. The van der Waals surface area contributed by atoms with E-state index in [-0.39, 0.29) is 18.9 Å². The summed E-state index contributed by atoms with van der Waals surface area (Å²) < 4.78 is 1.58. The lowest BCUT2D eigenvalue weighted by Gasteiger charge is -2.11. The zero-order valence-electron chi connectivity index (χ0n) is 8.25. The summed E-state index contributed by atoms with van der Waals surface area (Å²) in [5.74, 6) is -1.20. The van der Waals surface area contributed by atoms with Crippen molar-refractivity contribution in [2.45, 2.75) is 6.42 Å². The Labute approximate surface area is 86.1 Å². The second-order valence-corrected chi connectivity index (χ2v) is 3.59. The van der Waals surface area contributed by atoms with Crippen molar-refractivity contribution in [3.05, 3.63) is 12.3 Å². The molecule has 2 rings (SSSR count). The number of nitrogens with zero attached hydrogens (tertiary/aromatic N) is 3. The summed E-state index contributed by atoms with van der Waals surface area (Å²) in [6, 6.07) is 1.70. The van der Waals surface area contributed by atoms with Crippen molar-refractivity contribution in [2.75, 3.05) is 11.4 Å². The molecule has 1 aliphatic heterocycles. The van der Waals surface area contributed by atoms with Crippen molar-refractivity contribution in [3.63, 3.8) is 0 Å². The molecular formula is C9H11N3O3. The monoisotopic (exact) mass is 209 g/mol. The number of aliphatic carboxylic acids is 1. The summed E-state index contributed by atoms with van der Waals surface area (Å²) in [6.45, 7) is 0.213. The summed E-state index contributed by atoms with van der Waals surface area (Å²) in [7, 11) is 1.75. The van der Waals surface area contributed by atoms with Gasteiger partial charge in [-0.3, -0.25) is 19.2 Å². The van der Waals surface area contributed by atoms with Gasteiger partial charge in [-0.25, -0.2) is 0 Å². The summed E-state index contributed by atoms with van der Waals surface area (Å²) in [4.78, 5) is 23.7. The predicted molar refractivity (Wildman–Crippen MR) is 51.3 cm³/mol. The lowest BCUT2D eigenvalue weighted by molar-refractivity contribution is -0.141. The van der Waals surface area contributed by atoms with Crippen molar-refractivity contribution >= 4 is 17.7 Å². The molecule has 0 aliphatic carbocycles. The molecule has 6 nitrogen and oxygen atoms in total. The Bertz CT molecular complexity index is 412. The average Bonchev–Trinajstić information content (AvgIpc) is 2.71. The van der Waals surface area contributed by atoms with E-state index in [2.05, 4.69) is 5.10 Å². The maximum atomic E-state index is 11.5. The third kappa shape index (κ3) is 1.70. The number of amides is 1. The predicted octanol–water partition coefficient (Wildman–Crippen LogP) is -0.142. The van der Waals surface area contributed by atoms with Gasteiger partial charge in [0.05, 0.1) is 5.92 Å². The number of carboxylic acids is 1. The van der Waals surface area contributed by atoms with Gasteiger partial charge >= 0.3 is 5.97 Å². The smallest absolute Gasteiger partial charge is 0.308 e. The molecule has 1 amide bonds. The van der Waals surface area contributed by atoms with E-state index in [4.69, 9.17) is 5.11 Å². The highest BCUT2D eigenvalue weighted by Gasteiger charge is 2.35. The van der Waals surface area contributed by atoms with E-state index in [0.717, 1.165) is 0 Å². The van der Waals surface area contributed by atoms with Crippen LogP contribution < -0.4 is 4.90 Å². The lowest BCUT2D eigenvalue weighted by atomic mass is 10.1. The lowest BCUT2D eigenvalue weighted by Crippen LogP contribution is -2.26. The quantitative estimate of drug-likeness (QED) is 0.735. The van der Waals surface area contributed by atoms with Crippen LogP contribution in [0.15, 0.2) is 12.3 Å². The molecule has 1 aromatic heterocycles. The number of rotatable bonds is 2. The van der Waals surface area contributed by atoms with Crippen LogP contribution >= 0.6 is 0 Å². The van der Waals surface area contributed by atoms with Crippen LogP contribution in [0.1, 0.15) is 6.42 Å². The highest BCUT2D eigenvalue weighted by atomic mass is 16.4. The molecule has 0 radical (unpaired) electrons. The van der Waals surface area contributed by atoms with E-state index in [1.165, 1.54) is 4.90 Å². The first-order valence-electron chi connectivity index (χ1n) is 4.61. The average molecular weight is 209 g/mol. The third-order valence-electron chi connectivity index (χ3n) is 2.45. The summed E-state index contributed by atoms with van der Waals surface area (Å²) in [5, 5.41) is 12.9. The third-order valence-corrected chi connectivity index (χ3v) is 2.45. The molecule has 0 aromatic carbocycles. The van der Waals surface area contributed by atoms with Gasteiger partial charge in [-0.05, 0) is 0 Å². The van der Waals surface area contributed by atoms with Gasteiger partial charge in [-0.15, -0.1) is 0 Å². The molecule has 0 unspecified atom stereocenters. The van der Waals surface area contributed by atoms with Crippen LogP contribution in [-0.2, 0) is 16.6 Å². The number of hydrogen-bond acceptors (Lipinski definition) is 3. The van der Waals surface area contributed by atoms with Crippen LogP contribution in [0.4, 0.5) is 5.82 Å². The Hall–Kier alpha value is -1.85. The molecule has 1 aliphatic rings. The molecule has 1 atom stereocenters. The Morgan fingerprint density at radius 3 is 2.87 bits per heavy atom. The molecule has 1 N–H and O–H groups in total. The van der Waals surface area contributed by atoms with E-state index in [0.29, 0.717) is 5.82 Å². The van der Waals surface area contributed by atoms with Gasteiger partial charge in [-0.1, -0.05) is 0 Å². The van der Waals surface area contributed by atoms with Gasteiger partial charge < -0.3 is 5.11 Å². The Morgan fingerprint density at radius 1 is 1.67 bits per heavy atom. The Morgan fingerprint density at radius 2 is 2.40 bits per heavy atom. The van der Waals surface area contributed by atoms with Gasteiger partial charge in [0.1, 0.15) is 0 Å². The fourth-order valence-electron chi connectivity index (χ4n) is 1.64. The van der Waals surface area contributed by atoms with Gasteiger partial charge in [0.15, 0.2) is 5.82 Å². The molecule has 15 heavy (non-hydrogen) atoms. The van der Waals surface area contributed by atoms with Gasteiger partial charge in [0.25, 0.3) is 0 Å². The number of carboxylic acid groups (broad SMARTS) is 1. The Kier molecular flexibility index (Phi) is 2.18. The van der Waals surface area contributed by atoms with Crippen molar-refractivity contribution in [2.24, 2.45) is 13.0 Å². The van der Waals surface area contributed by atoms with Gasteiger partial charge in [-0.2, -0.15) is 5.10 Å². The van der Waals surface area contributed by atoms with Crippen molar-refractivity contribution in [1.29, 1.82) is 0 Å². The molecule has 1 fully saturated rings. The second kappa shape index (κ2) is 3.38. The van der Waals surface area contributed by atoms with Crippen LogP contribution in [0.5, 0.6) is 0 Å². The fourth-order valence-corrected chi connectivity index (χ4v) is 1.64. The summed E-state index contributed by atoms with van der Waals surface area (Å²) in [6.07, 6.45) is 1.78. The highest BCUT2D eigenvalue weighted by Crippen LogP contribution is 2.23. The normalized spacial score (nSPS) is 21.0. The number of aryl methyl sites for hydroxylation is 1. The number of anilines is 1. The number of hydrogen-bond donors (Lipinski definition) is 1. The van der Waals surface area contributed by atoms with Crippen LogP contribution in [0, 0.1) is 5.92 Å². The van der Waals surface area contributed by atoms with E-state index in [1.54, 1.807) is 24.0 Å². The molecule has 0 saturated carbocycles. The molecule has 6 heteroatoms. The maximum Gasteiger partial charge on any atom is 0.308 e. The molecule has 2 heterocycles. The first-order chi connectivity index (χ1) is 7.08. The van der Waals surface area contributed by atoms with Gasteiger partial charge in [0.2, 0.25) is 5.91 Å². The highest BCUT2D eigenvalue weighted by molar-refractivity contribution is 5.98. The van der Waals surface area contributed by atoms with E-state index >= 15 is 0 Å². The van der Waals surface area contributed by atoms with E-state index in [9.17, 15) is 9.59 Å². The zero-order valence-corrected chi connectivity index (χ0v) is 8.25. The maximum absolute atomic E-state index is 11.5. The fraction of sp³-hybridized carbons (Fsp3) is 0.444. The van der Waals surface area contributed by atoms with Crippen molar-refractivity contribution in [3.8, 4) is 0 Å². The summed E-state index contributed by atoms with van der Waals surface area (Å²) >= 11 is 0. The topological polar surface area (TPSA) is 75.4 Å². The van der Waals surface area contributed by atoms with Crippen LogP contribution in [-0.4, -0.2) is 33.3 Å². The number of aromatic nitrogens is 2. The second-order valence-electron chi connectivity index (χ2n) is 3.59. The van der Waals surface area contributed by atoms with Crippen LogP contribution in [0.2, 0.25) is 0 Å². The standard InChI is InChI=1S/C9H11N3O3/c1-11-3-2-7(10-11)12-5-6(9(14)15)4-8(12)13/h2-3,6H,4-5H2,1H3,(H,14,15)/t6-/m0/s1. The molecule has 1 aromatic rings. The number of carbonyl (C=O) groups excluding carboxylic acids is 1. The molecule has 0 spiro atoms. The minimum absolute atomic E-state index is 0.0614. The minimum atomic E-state index is -0.929. The number of carbonyl (C=O) groups is 2. The largest absolute Gasteiger partial charge is 0.481 e. The first kappa shape index (κ1) is 9.70. The molecular weight excluding hydrogens is 198 g/mol. The first-order valence-corrected chi connectivity index (χ1v) is 4.61. The van der Waals surface area contributed by atoms with Gasteiger partial charge in [0, 0.05) is 32.3 Å². The SMILES string of the molecule is Cn1ccc(N2C[C@@H](C(=O)O)CC2=O)n1. The van der Waals surface area contributed by atoms with E-state index < -0.39 is 11.9 Å². The van der Waals surface area contributed by atoms with Crippen molar-refractivity contribution < 1.29 is 14.7 Å². The molecule has 80 valence electrons. The summed E-state index contributed by atoms with van der Waals surface area (Å²) in [5.41, 5.74) is 0. The Balaban J connectivity index is 2.18. The molecule has 0 bridgehead atoms. The van der Waals surface area contributed by atoms with Crippen molar-refractivity contribution in [1.82, 2.24) is 9.78 Å². The van der Waals surface area contributed by atoms with E-state index in [1.807, 2.05) is 0 Å². The molecule has 1 saturated heterocycles. The van der Waals surface area contributed by atoms with Crippen LogP contribution in [0.3, 0.4) is 0 Å². The minimum Gasteiger partial charge on any atom is -0.481 e.